The SMILES string of the molecule is CCOc1cccc(C=O)c1OC(C)C(=O)NC. The number of ether oxygens (including phenoxy) is 2. The summed E-state index contributed by atoms with van der Waals surface area (Å²) in [6.45, 7) is 3.89. The van der Waals surface area contributed by atoms with Crippen molar-refractivity contribution in [2.24, 2.45) is 0 Å². The van der Waals surface area contributed by atoms with E-state index in [1.807, 2.05) is 6.92 Å². The van der Waals surface area contributed by atoms with Crippen molar-refractivity contribution in [3.05, 3.63) is 23.8 Å². The van der Waals surface area contributed by atoms with E-state index in [2.05, 4.69) is 5.32 Å². The summed E-state index contributed by atoms with van der Waals surface area (Å²) < 4.78 is 10.9. The highest BCUT2D eigenvalue weighted by atomic mass is 16.5. The van der Waals surface area contributed by atoms with Crippen LogP contribution in [0.25, 0.3) is 0 Å². The van der Waals surface area contributed by atoms with Gasteiger partial charge in [-0.25, -0.2) is 0 Å². The van der Waals surface area contributed by atoms with Crippen molar-refractivity contribution >= 4 is 12.2 Å². The highest BCUT2D eigenvalue weighted by molar-refractivity contribution is 5.83. The Labute approximate surface area is 106 Å². The molecule has 0 saturated carbocycles. The van der Waals surface area contributed by atoms with E-state index in [0.29, 0.717) is 30.0 Å². The zero-order chi connectivity index (χ0) is 13.5. The van der Waals surface area contributed by atoms with Gasteiger partial charge in [0.25, 0.3) is 5.91 Å². The molecule has 1 rings (SSSR count). The number of rotatable bonds is 6. The Morgan fingerprint density at radius 1 is 1.50 bits per heavy atom. The number of amides is 1. The third kappa shape index (κ3) is 3.23. The maximum absolute atomic E-state index is 11.4. The highest BCUT2D eigenvalue weighted by Gasteiger charge is 2.18. The molecule has 0 radical (unpaired) electrons. The van der Waals surface area contributed by atoms with Crippen LogP contribution in [0.15, 0.2) is 18.2 Å². The van der Waals surface area contributed by atoms with Crippen molar-refractivity contribution < 1.29 is 19.1 Å². The number of hydrogen-bond acceptors (Lipinski definition) is 4. The molecule has 1 N–H and O–H groups in total. The normalized spacial score (nSPS) is 11.5. The first-order chi connectivity index (χ1) is 8.63. The second kappa shape index (κ2) is 6.64. The number of para-hydroxylation sites is 1. The fraction of sp³-hybridized carbons (Fsp3) is 0.385. The van der Waals surface area contributed by atoms with Gasteiger partial charge in [0.2, 0.25) is 0 Å². The number of aldehydes is 1. The Kier molecular flexibility index (Phi) is 5.17. The largest absolute Gasteiger partial charge is 0.490 e. The number of carbonyl (C=O) groups is 2. The maximum atomic E-state index is 11.4. The second-order valence-corrected chi connectivity index (χ2v) is 3.60. The molecule has 0 aliphatic rings. The summed E-state index contributed by atoms with van der Waals surface area (Å²) in [4.78, 5) is 22.4. The lowest BCUT2D eigenvalue weighted by Gasteiger charge is -2.17. The van der Waals surface area contributed by atoms with Crippen molar-refractivity contribution in [1.29, 1.82) is 0 Å². The van der Waals surface area contributed by atoms with Crippen LogP contribution in [0.5, 0.6) is 11.5 Å². The highest BCUT2D eigenvalue weighted by Crippen LogP contribution is 2.31. The van der Waals surface area contributed by atoms with E-state index in [0.717, 1.165) is 0 Å². The molecule has 1 unspecified atom stereocenters. The smallest absolute Gasteiger partial charge is 0.260 e. The summed E-state index contributed by atoms with van der Waals surface area (Å²) in [5.41, 5.74) is 0.358. The molecule has 0 bridgehead atoms. The quantitative estimate of drug-likeness (QED) is 0.776. The first-order valence-corrected chi connectivity index (χ1v) is 5.73. The van der Waals surface area contributed by atoms with Crippen LogP contribution in [-0.4, -0.2) is 32.0 Å². The number of hydrogen-bond donors (Lipinski definition) is 1. The van der Waals surface area contributed by atoms with Gasteiger partial charge < -0.3 is 14.8 Å². The Hall–Kier alpha value is -2.04. The molecule has 0 aromatic heterocycles. The molecule has 0 heterocycles. The van der Waals surface area contributed by atoms with Crippen LogP contribution in [0.1, 0.15) is 24.2 Å². The molecule has 18 heavy (non-hydrogen) atoms. The van der Waals surface area contributed by atoms with Crippen LogP contribution in [-0.2, 0) is 4.79 Å². The zero-order valence-corrected chi connectivity index (χ0v) is 10.7. The minimum atomic E-state index is -0.699. The average Bonchev–Trinajstić information content (AvgIpc) is 2.39. The summed E-state index contributed by atoms with van der Waals surface area (Å²) in [7, 11) is 1.53. The lowest BCUT2D eigenvalue weighted by atomic mass is 10.2. The van der Waals surface area contributed by atoms with Crippen molar-refractivity contribution in [2.45, 2.75) is 20.0 Å². The summed E-state index contributed by atoms with van der Waals surface area (Å²) in [6, 6.07) is 5.01. The lowest BCUT2D eigenvalue weighted by Crippen LogP contribution is -2.34. The topological polar surface area (TPSA) is 64.6 Å². The van der Waals surface area contributed by atoms with Crippen LogP contribution >= 0.6 is 0 Å². The molecule has 0 spiro atoms. The van der Waals surface area contributed by atoms with Crippen molar-refractivity contribution in [2.75, 3.05) is 13.7 Å². The molecule has 0 fully saturated rings. The number of carbonyl (C=O) groups excluding carboxylic acids is 2. The third-order valence-corrected chi connectivity index (χ3v) is 2.35. The summed E-state index contributed by atoms with van der Waals surface area (Å²) in [5, 5.41) is 2.48. The molecule has 98 valence electrons. The van der Waals surface area contributed by atoms with Crippen LogP contribution in [0.2, 0.25) is 0 Å². The van der Waals surface area contributed by atoms with Gasteiger partial charge in [0.05, 0.1) is 12.2 Å². The monoisotopic (exact) mass is 251 g/mol. The molecule has 5 nitrogen and oxygen atoms in total. The molecule has 0 saturated heterocycles. The van der Waals surface area contributed by atoms with E-state index in [1.54, 1.807) is 25.1 Å². The van der Waals surface area contributed by atoms with E-state index in [-0.39, 0.29) is 5.91 Å². The van der Waals surface area contributed by atoms with E-state index in [1.165, 1.54) is 7.05 Å². The summed E-state index contributed by atoms with van der Waals surface area (Å²) >= 11 is 0. The first-order valence-electron chi connectivity index (χ1n) is 5.73. The van der Waals surface area contributed by atoms with Crippen LogP contribution in [0, 0.1) is 0 Å². The minimum Gasteiger partial charge on any atom is -0.490 e. The molecule has 1 atom stereocenters. The minimum absolute atomic E-state index is 0.266. The molecule has 0 aliphatic heterocycles. The van der Waals surface area contributed by atoms with Gasteiger partial charge in [0.15, 0.2) is 23.9 Å². The van der Waals surface area contributed by atoms with Gasteiger partial charge in [0, 0.05) is 7.05 Å². The maximum Gasteiger partial charge on any atom is 0.260 e. The predicted octanol–water partition coefficient (Wildman–Crippen LogP) is 1.41. The molecule has 1 aromatic rings. The molecular weight excluding hydrogens is 234 g/mol. The van der Waals surface area contributed by atoms with Crippen LogP contribution in [0.4, 0.5) is 0 Å². The van der Waals surface area contributed by atoms with Gasteiger partial charge in [-0.3, -0.25) is 9.59 Å². The van der Waals surface area contributed by atoms with Gasteiger partial charge in [0.1, 0.15) is 0 Å². The van der Waals surface area contributed by atoms with E-state index < -0.39 is 6.10 Å². The van der Waals surface area contributed by atoms with Gasteiger partial charge >= 0.3 is 0 Å². The fourth-order valence-electron chi connectivity index (χ4n) is 1.45. The molecular formula is C13H17NO4. The van der Waals surface area contributed by atoms with Crippen molar-refractivity contribution in [1.82, 2.24) is 5.32 Å². The molecule has 1 aromatic carbocycles. The standard InChI is InChI=1S/C13H17NO4/c1-4-17-11-7-5-6-10(8-15)12(11)18-9(2)13(16)14-3/h5-9H,4H2,1-3H3,(H,14,16). The summed E-state index contributed by atoms with van der Waals surface area (Å²) in [6.07, 6.45) is -0.0238. The zero-order valence-electron chi connectivity index (χ0n) is 10.7. The van der Waals surface area contributed by atoms with Gasteiger partial charge in [-0.15, -0.1) is 0 Å². The van der Waals surface area contributed by atoms with Crippen molar-refractivity contribution in [3.8, 4) is 11.5 Å². The number of nitrogens with one attached hydrogen (secondary N) is 1. The van der Waals surface area contributed by atoms with E-state index >= 15 is 0 Å². The second-order valence-electron chi connectivity index (χ2n) is 3.60. The van der Waals surface area contributed by atoms with Crippen molar-refractivity contribution in [3.63, 3.8) is 0 Å². The van der Waals surface area contributed by atoms with Crippen LogP contribution < -0.4 is 14.8 Å². The Morgan fingerprint density at radius 2 is 2.22 bits per heavy atom. The number of likely N-dealkylation sites (N-methyl/N-ethyl adjacent to an activating group) is 1. The van der Waals surface area contributed by atoms with E-state index in [9.17, 15) is 9.59 Å². The van der Waals surface area contributed by atoms with E-state index in [4.69, 9.17) is 9.47 Å². The van der Waals surface area contributed by atoms with Crippen LogP contribution in [0.3, 0.4) is 0 Å². The predicted molar refractivity (Wildman–Crippen MR) is 67.2 cm³/mol. The lowest BCUT2D eigenvalue weighted by molar-refractivity contribution is -0.126. The van der Waals surface area contributed by atoms with Gasteiger partial charge in [-0.05, 0) is 26.0 Å². The van der Waals surface area contributed by atoms with Gasteiger partial charge in [-0.2, -0.15) is 0 Å². The van der Waals surface area contributed by atoms with Gasteiger partial charge in [-0.1, -0.05) is 6.07 Å². The molecule has 1 amide bonds. The average molecular weight is 251 g/mol. The Morgan fingerprint density at radius 3 is 2.78 bits per heavy atom. The Balaban J connectivity index is 3.03. The Bertz CT molecular complexity index is 431. The first kappa shape index (κ1) is 14.0. The molecule has 0 aliphatic carbocycles. The summed E-state index contributed by atoms with van der Waals surface area (Å²) in [5.74, 6) is 0.487. The molecule has 5 heteroatoms. The third-order valence-electron chi connectivity index (χ3n) is 2.35. The number of benzene rings is 1. The fourth-order valence-corrected chi connectivity index (χ4v) is 1.45.